The van der Waals surface area contributed by atoms with E-state index < -0.39 is 16.5 Å². The average Bonchev–Trinajstić information content (AvgIpc) is 1.47. The van der Waals surface area contributed by atoms with Crippen molar-refractivity contribution in [3.05, 3.63) is 0 Å². The molecule has 0 saturated carbocycles. The van der Waals surface area contributed by atoms with E-state index in [1.807, 2.05) is 0 Å². The van der Waals surface area contributed by atoms with Crippen LogP contribution < -0.4 is 56.0 Å². The number of nitrogens with one attached hydrogen (secondary N) is 1. The van der Waals surface area contributed by atoms with Crippen LogP contribution in [0.5, 0.6) is 0 Å². The zero-order valence-electron chi connectivity index (χ0n) is 12.0. The third kappa shape index (κ3) is 36.8. The molecule has 0 amide bonds. The van der Waals surface area contributed by atoms with Crippen LogP contribution in [0.2, 0.25) is 58.9 Å². The molecule has 0 fully saturated rings. The second-order valence-corrected chi connectivity index (χ2v) is 19.1. The summed E-state index contributed by atoms with van der Waals surface area (Å²) in [5.41, 5.74) is 0. The van der Waals surface area contributed by atoms with Crippen LogP contribution >= 0.6 is 0 Å². The maximum absolute atomic E-state index is 3.74. The molecule has 0 aliphatic carbocycles. The molecule has 5 heteroatoms. The summed E-state index contributed by atoms with van der Waals surface area (Å²) in [4.78, 5) is 0. The Labute approximate surface area is 138 Å². The second-order valence-electron chi connectivity index (χ2n) is 6.12. The Bertz CT molecular complexity index is 112. The van der Waals surface area contributed by atoms with Gasteiger partial charge in [-0.05, 0) is 0 Å². The van der Waals surface area contributed by atoms with Gasteiger partial charge in [0.2, 0.25) is 0 Å². The van der Waals surface area contributed by atoms with Crippen molar-refractivity contribution >= 4 is 25.3 Å². The summed E-state index contributed by atoms with van der Waals surface area (Å²) in [6, 6.07) is 0. The molecule has 0 atom stereocenters. The Kier molecular flexibility index (Phi) is 14.3. The van der Waals surface area contributed by atoms with E-state index in [0.29, 0.717) is 0 Å². The third-order valence-electron chi connectivity index (χ3n) is 0.750. The summed E-state index contributed by atoms with van der Waals surface area (Å²) in [7, 11) is -1.84. The molecule has 0 radical (unpaired) electrons. The smallest absolute Gasteiger partial charge is 0.360 e. The van der Waals surface area contributed by atoms with Gasteiger partial charge < -0.3 is 4.65 Å². The monoisotopic (exact) mass is 273 g/mol. The first-order chi connectivity index (χ1) is 5.44. The number of hydrogen-bond donors (Lipinski definition) is 1. The molecule has 0 aromatic heterocycles. The first kappa shape index (κ1) is 21.5. The van der Waals surface area contributed by atoms with Crippen molar-refractivity contribution in [3.63, 3.8) is 0 Å². The molecular formula is C9H28KNSi3. The molecule has 0 aromatic rings. The molecule has 0 saturated heterocycles. The normalized spacial score (nSPS) is 11.6. The van der Waals surface area contributed by atoms with Crippen LogP contribution in [0.4, 0.5) is 0 Å². The Balaban J connectivity index is -0.000000209. The predicted molar refractivity (Wildman–Crippen MR) is 73.2 cm³/mol. The quantitative estimate of drug-likeness (QED) is 0.728. The summed E-state index contributed by atoms with van der Waals surface area (Å²) in [5, 5.41) is 0. The maximum Gasteiger partial charge on any atom is 1.00 e. The fourth-order valence-corrected chi connectivity index (χ4v) is 10.1. The molecule has 0 rings (SSSR count). The Hall–Kier alpha value is 2.25. The van der Waals surface area contributed by atoms with Gasteiger partial charge in [-0.2, -0.15) is 19.6 Å². The van der Waals surface area contributed by atoms with Crippen LogP contribution in [0.25, 0.3) is 0 Å². The summed E-state index contributed by atoms with van der Waals surface area (Å²) in [6.45, 7) is 20.9. The van der Waals surface area contributed by atoms with E-state index in [2.05, 4.69) is 63.6 Å². The zero-order valence-corrected chi connectivity index (χ0v) is 18.1. The van der Waals surface area contributed by atoms with Crippen molar-refractivity contribution in [3.8, 4) is 0 Å². The van der Waals surface area contributed by atoms with Crippen molar-refractivity contribution in [2.75, 3.05) is 0 Å². The summed E-state index contributed by atoms with van der Waals surface area (Å²) < 4.78 is 3.74. The predicted octanol–water partition coefficient (Wildman–Crippen LogP) is 0.620. The maximum atomic E-state index is 3.74. The van der Waals surface area contributed by atoms with Crippen LogP contribution in [0.15, 0.2) is 0 Å². The average molecular weight is 274 g/mol. The summed E-state index contributed by atoms with van der Waals surface area (Å²) in [6.07, 6.45) is 0. The van der Waals surface area contributed by atoms with Crippen molar-refractivity contribution in [2.24, 2.45) is 0 Å². The third-order valence-corrected chi connectivity index (χ3v) is 6.75. The standard InChI is InChI=1S/C6H19NSi2.C3H9Si.K/c1-8(2,3)7-9(4,5)6;1-4(2)3;/h7H,1-6H3;1-3H3;/q;-1;+1. The zero-order chi connectivity index (χ0) is 11.3. The van der Waals surface area contributed by atoms with Crippen LogP contribution in [-0.4, -0.2) is 25.3 Å². The molecule has 0 heterocycles. The fraction of sp³-hybridized carbons (Fsp3) is 1.00. The topological polar surface area (TPSA) is 12.0 Å². The van der Waals surface area contributed by atoms with Gasteiger partial charge in [-0.15, -0.1) is 0 Å². The molecule has 0 aliphatic rings. The van der Waals surface area contributed by atoms with Gasteiger partial charge in [-0.25, -0.2) is 0 Å². The van der Waals surface area contributed by atoms with Crippen molar-refractivity contribution in [1.29, 1.82) is 0 Å². The first-order valence-electron chi connectivity index (χ1n) is 5.00. The van der Waals surface area contributed by atoms with Gasteiger partial charge in [0.15, 0.2) is 0 Å². The van der Waals surface area contributed by atoms with E-state index >= 15 is 0 Å². The minimum atomic E-state index is -0.981. The van der Waals surface area contributed by atoms with Gasteiger partial charge in [-0.1, -0.05) is 39.3 Å². The summed E-state index contributed by atoms with van der Waals surface area (Å²) >= 11 is 0. The SMILES string of the molecule is C[Si-](C)C.C[Si](C)(C)N[Si](C)(C)C.[K+]. The number of rotatable bonds is 2. The fourth-order valence-electron chi connectivity index (χ4n) is 1.12. The molecule has 0 bridgehead atoms. The van der Waals surface area contributed by atoms with Crippen molar-refractivity contribution in [1.82, 2.24) is 4.65 Å². The van der Waals surface area contributed by atoms with Gasteiger partial charge in [0.1, 0.15) is 16.5 Å². The van der Waals surface area contributed by atoms with Gasteiger partial charge in [0.25, 0.3) is 0 Å². The molecule has 1 N–H and O–H groups in total. The molecule has 0 aliphatic heterocycles. The molecule has 82 valence electrons. The van der Waals surface area contributed by atoms with E-state index in [4.69, 9.17) is 0 Å². The second kappa shape index (κ2) is 9.29. The van der Waals surface area contributed by atoms with Crippen LogP contribution in [0, 0.1) is 0 Å². The molecule has 0 unspecified atom stereocenters. The summed E-state index contributed by atoms with van der Waals surface area (Å²) in [5.74, 6) is 0. The van der Waals surface area contributed by atoms with E-state index in [-0.39, 0.29) is 60.2 Å². The largest absolute Gasteiger partial charge is 1.00 e. The Morgan fingerprint density at radius 2 is 0.857 bits per heavy atom. The molecular weight excluding hydrogens is 245 g/mol. The van der Waals surface area contributed by atoms with Crippen LogP contribution in [0.3, 0.4) is 0 Å². The van der Waals surface area contributed by atoms with E-state index in [9.17, 15) is 0 Å². The van der Waals surface area contributed by atoms with Crippen molar-refractivity contribution < 1.29 is 51.4 Å². The molecule has 1 nitrogen and oxygen atoms in total. The van der Waals surface area contributed by atoms with Gasteiger partial charge in [0, 0.05) is 0 Å². The van der Waals surface area contributed by atoms with Gasteiger partial charge in [-0.3, -0.25) is 8.80 Å². The minimum Gasteiger partial charge on any atom is -0.360 e. The Morgan fingerprint density at radius 1 is 0.714 bits per heavy atom. The van der Waals surface area contributed by atoms with E-state index in [1.165, 1.54) is 0 Å². The molecule has 14 heavy (non-hydrogen) atoms. The van der Waals surface area contributed by atoms with Gasteiger partial charge >= 0.3 is 51.4 Å². The Morgan fingerprint density at radius 3 is 0.857 bits per heavy atom. The van der Waals surface area contributed by atoms with Crippen LogP contribution in [-0.2, 0) is 0 Å². The van der Waals surface area contributed by atoms with E-state index in [0.717, 1.165) is 0 Å². The van der Waals surface area contributed by atoms with Crippen LogP contribution in [0.1, 0.15) is 0 Å². The molecule has 0 spiro atoms. The van der Waals surface area contributed by atoms with Gasteiger partial charge in [0.05, 0.1) is 0 Å². The molecule has 0 aromatic carbocycles. The minimum absolute atomic E-state index is 0. The number of hydrogen-bond acceptors (Lipinski definition) is 1. The van der Waals surface area contributed by atoms with Crippen molar-refractivity contribution in [2.45, 2.75) is 58.9 Å². The van der Waals surface area contributed by atoms with E-state index in [1.54, 1.807) is 0 Å². The first-order valence-corrected chi connectivity index (χ1v) is 15.0.